The number of amides is 1. The summed E-state index contributed by atoms with van der Waals surface area (Å²) in [6, 6.07) is 5.08. The van der Waals surface area contributed by atoms with Crippen LogP contribution in [0.15, 0.2) is 12.1 Å². The van der Waals surface area contributed by atoms with Gasteiger partial charge in [-0.05, 0) is 18.6 Å². The molecule has 0 saturated heterocycles. The average Bonchev–Trinajstić information content (AvgIpc) is 2.35. The Balaban J connectivity index is 2.72. The van der Waals surface area contributed by atoms with Gasteiger partial charge in [0.25, 0.3) is 0 Å². The Morgan fingerprint density at radius 2 is 2.33 bits per heavy atom. The molecule has 0 unspecified atom stereocenters. The lowest BCUT2D eigenvalue weighted by molar-refractivity contribution is -0.119. The zero-order valence-electron chi connectivity index (χ0n) is 10.4. The number of halogens is 1. The number of nitrogens with one attached hydrogen (secondary N) is 1. The van der Waals surface area contributed by atoms with E-state index in [2.05, 4.69) is 10.3 Å². The molecule has 0 aromatic carbocycles. The third-order valence-electron chi connectivity index (χ3n) is 2.25. The Morgan fingerprint density at radius 3 is 2.94 bits per heavy atom. The largest absolute Gasteiger partial charge is 0.355 e. The highest BCUT2D eigenvalue weighted by Crippen LogP contribution is 2.16. The SMILES string of the molecule is CCCNC(=O)CN(C)c1cc(C#N)cc(Cl)n1. The summed E-state index contributed by atoms with van der Waals surface area (Å²) in [5.41, 5.74) is 0.422. The normalized spacial score (nSPS) is 9.67. The zero-order valence-corrected chi connectivity index (χ0v) is 11.2. The first-order valence-corrected chi connectivity index (χ1v) is 6.00. The Bertz CT molecular complexity index is 470. The van der Waals surface area contributed by atoms with Crippen molar-refractivity contribution in [2.45, 2.75) is 13.3 Å². The second-order valence-electron chi connectivity index (χ2n) is 3.85. The molecule has 0 bridgehead atoms. The number of pyridine rings is 1. The summed E-state index contributed by atoms with van der Waals surface area (Å²) in [6.45, 7) is 2.82. The van der Waals surface area contributed by atoms with Crippen LogP contribution in [0.1, 0.15) is 18.9 Å². The van der Waals surface area contributed by atoms with E-state index in [1.54, 1.807) is 18.0 Å². The van der Waals surface area contributed by atoms with Crippen molar-refractivity contribution in [1.82, 2.24) is 10.3 Å². The number of anilines is 1. The molecule has 0 aliphatic carbocycles. The van der Waals surface area contributed by atoms with Gasteiger partial charge in [0.15, 0.2) is 0 Å². The zero-order chi connectivity index (χ0) is 13.5. The molecule has 0 atom stereocenters. The average molecular weight is 267 g/mol. The molecule has 0 fully saturated rings. The Kier molecular flexibility index (Phi) is 5.40. The smallest absolute Gasteiger partial charge is 0.239 e. The van der Waals surface area contributed by atoms with E-state index >= 15 is 0 Å². The van der Waals surface area contributed by atoms with Gasteiger partial charge in [-0.1, -0.05) is 18.5 Å². The lowest BCUT2D eigenvalue weighted by Gasteiger charge is -2.17. The number of carbonyl (C=O) groups excluding carboxylic acids is 1. The number of nitriles is 1. The van der Waals surface area contributed by atoms with Crippen LogP contribution in [0.3, 0.4) is 0 Å². The van der Waals surface area contributed by atoms with Gasteiger partial charge in [0.05, 0.1) is 18.2 Å². The topological polar surface area (TPSA) is 69.0 Å². The van der Waals surface area contributed by atoms with Gasteiger partial charge in [0.1, 0.15) is 11.0 Å². The molecule has 0 saturated carbocycles. The van der Waals surface area contributed by atoms with Crippen molar-refractivity contribution >= 4 is 23.3 Å². The van der Waals surface area contributed by atoms with Crippen molar-refractivity contribution in [1.29, 1.82) is 5.26 Å². The molecule has 1 aromatic heterocycles. The fraction of sp³-hybridized carbons (Fsp3) is 0.417. The lowest BCUT2D eigenvalue weighted by Crippen LogP contribution is -2.35. The summed E-state index contributed by atoms with van der Waals surface area (Å²) in [4.78, 5) is 17.3. The standard InChI is InChI=1S/C12H15ClN4O/c1-3-4-15-12(18)8-17(2)11-6-9(7-14)5-10(13)16-11/h5-6H,3-4,8H2,1-2H3,(H,15,18). The van der Waals surface area contributed by atoms with Crippen LogP contribution in [-0.4, -0.2) is 31.0 Å². The van der Waals surface area contributed by atoms with Crippen LogP contribution in [0, 0.1) is 11.3 Å². The molecule has 1 rings (SSSR count). The Morgan fingerprint density at radius 1 is 1.61 bits per heavy atom. The number of rotatable bonds is 5. The first kappa shape index (κ1) is 14.3. The summed E-state index contributed by atoms with van der Waals surface area (Å²) < 4.78 is 0. The van der Waals surface area contributed by atoms with Gasteiger partial charge in [-0.3, -0.25) is 4.79 Å². The maximum absolute atomic E-state index is 11.5. The molecule has 18 heavy (non-hydrogen) atoms. The van der Waals surface area contributed by atoms with Gasteiger partial charge >= 0.3 is 0 Å². The second kappa shape index (κ2) is 6.82. The molecule has 0 radical (unpaired) electrons. The van der Waals surface area contributed by atoms with Crippen molar-refractivity contribution in [2.24, 2.45) is 0 Å². The molecule has 0 spiro atoms. The summed E-state index contributed by atoms with van der Waals surface area (Å²) in [5, 5.41) is 11.8. The molecule has 1 heterocycles. The van der Waals surface area contributed by atoms with Crippen LogP contribution >= 0.6 is 11.6 Å². The van der Waals surface area contributed by atoms with Gasteiger partial charge in [-0.2, -0.15) is 5.26 Å². The van der Waals surface area contributed by atoms with E-state index in [1.807, 2.05) is 13.0 Å². The van der Waals surface area contributed by atoms with Crippen LogP contribution in [0.25, 0.3) is 0 Å². The van der Waals surface area contributed by atoms with Crippen molar-refractivity contribution in [2.75, 3.05) is 25.0 Å². The quantitative estimate of drug-likeness (QED) is 0.822. The van der Waals surface area contributed by atoms with Crippen LogP contribution in [0.5, 0.6) is 0 Å². The molecule has 1 aromatic rings. The summed E-state index contributed by atoms with van der Waals surface area (Å²) in [6.07, 6.45) is 0.892. The van der Waals surface area contributed by atoms with Crippen molar-refractivity contribution in [3.8, 4) is 6.07 Å². The number of nitrogens with zero attached hydrogens (tertiary/aromatic N) is 3. The van der Waals surface area contributed by atoms with E-state index in [0.29, 0.717) is 17.9 Å². The van der Waals surface area contributed by atoms with Gasteiger partial charge in [0, 0.05) is 13.6 Å². The lowest BCUT2D eigenvalue weighted by atomic mass is 10.3. The molecule has 5 nitrogen and oxygen atoms in total. The maximum atomic E-state index is 11.5. The summed E-state index contributed by atoms with van der Waals surface area (Å²) in [5.74, 6) is 0.422. The van der Waals surface area contributed by atoms with Gasteiger partial charge in [-0.15, -0.1) is 0 Å². The highest BCUT2D eigenvalue weighted by molar-refractivity contribution is 6.29. The predicted octanol–water partition coefficient (Wildman–Crippen LogP) is 1.57. The minimum atomic E-state index is -0.0837. The predicted molar refractivity (Wildman–Crippen MR) is 70.5 cm³/mol. The molecule has 0 aliphatic rings. The van der Waals surface area contributed by atoms with Crippen LogP contribution in [0.4, 0.5) is 5.82 Å². The number of likely N-dealkylation sites (N-methyl/N-ethyl adjacent to an activating group) is 1. The number of hydrogen-bond acceptors (Lipinski definition) is 4. The first-order valence-electron chi connectivity index (χ1n) is 5.62. The number of aromatic nitrogens is 1. The Labute approximate surface area is 111 Å². The molecule has 1 N–H and O–H groups in total. The Hall–Kier alpha value is -1.80. The van der Waals surface area contributed by atoms with E-state index in [-0.39, 0.29) is 17.6 Å². The molecule has 96 valence electrons. The van der Waals surface area contributed by atoms with E-state index in [9.17, 15) is 4.79 Å². The minimum Gasteiger partial charge on any atom is -0.355 e. The molecule has 0 aliphatic heterocycles. The van der Waals surface area contributed by atoms with Crippen LogP contribution in [-0.2, 0) is 4.79 Å². The molecule has 1 amide bonds. The van der Waals surface area contributed by atoms with Crippen LogP contribution < -0.4 is 10.2 Å². The van der Waals surface area contributed by atoms with E-state index in [1.165, 1.54) is 6.07 Å². The molecular weight excluding hydrogens is 252 g/mol. The molecule has 6 heteroatoms. The number of hydrogen-bond donors (Lipinski definition) is 1. The summed E-state index contributed by atoms with van der Waals surface area (Å²) >= 11 is 5.80. The van der Waals surface area contributed by atoms with Crippen molar-refractivity contribution < 1.29 is 4.79 Å². The minimum absolute atomic E-state index is 0.0837. The van der Waals surface area contributed by atoms with Crippen molar-refractivity contribution in [3.05, 3.63) is 22.8 Å². The van der Waals surface area contributed by atoms with Gasteiger partial charge in [0.2, 0.25) is 5.91 Å². The van der Waals surface area contributed by atoms with Gasteiger partial charge < -0.3 is 10.2 Å². The highest BCUT2D eigenvalue weighted by atomic mass is 35.5. The first-order chi connectivity index (χ1) is 8.56. The maximum Gasteiger partial charge on any atom is 0.239 e. The monoisotopic (exact) mass is 266 g/mol. The van der Waals surface area contributed by atoms with E-state index in [0.717, 1.165) is 6.42 Å². The van der Waals surface area contributed by atoms with Crippen molar-refractivity contribution in [3.63, 3.8) is 0 Å². The van der Waals surface area contributed by atoms with E-state index in [4.69, 9.17) is 16.9 Å². The third-order valence-corrected chi connectivity index (χ3v) is 2.45. The summed E-state index contributed by atoms with van der Waals surface area (Å²) in [7, 11) is 1.73. The highest BCUT2D eigenvalue weighted by Gasteiger charge is 2.10. The third kappa shape index (κ3) is 4.22. The fourth-order valence-corrected chi connectivity index (χ4v) is 1.56. The van der Waals surface area contributed by atoms with E-state index < -0.39 is 0 Å². The second-order valence-corrected chi connectivity index (χ2v) is 4.24. The number of carbonyl (C=O) groups is 1. The van der Waals surface area contributed by atoms with Crippen LogP contribution in [0.2, 0.25) is 5.15 Å². The van der Waals surface area contributed by atoms with Gasteiger partial charge in [-0.25, -0.2) is 4.98 Å². The molecular formula is C12H15ClN4O. The fourth-order valence-electron chi connectivity index (χ4n) is 1.36.